The molecule has 3 nitrogen and oxygen atoms in total. The number of carbonyl (C=O) groups excluding carboxylic acids is 1. The number of carbonyl (C=O) groups is 1. The lowest BCUT2D eigenvalue weighted by atomic mass is 10.1. The van der Waals surface area contributed by atoms with Gasteiger partial charge in [0.25, 0.3) is 5.91 Å². The maximum atomic E-state index is 12.5. The number of likely N-dealkylation sites (tertiary alicyclic amines) is 1. The first-order chi connectivity index (χ1) is 10.1. The quantitative estimate of drug-likeness (QED) is 0.905. The predicted octanol–water partition coefficient (Wildman–Crippen LogP) is 4.19. The van der Waals surface area contributed by atoms with E-state index in [1.165, 1.54) is 11.3 Å². The Morgan fingerprint density at radius 3 is 3.05 bits per heavy atom. The molecule has 0 aliphatic carbocycles. The Hall–Kier alpha value is -0.880. The van der Waals surface area contributed by atoms with Gasteiger partial charge in [0, 0.05) is 22.8 Å². The summed E-state index contributed by atoms with van der Waals surface area (Å²) in [7, 11) is 0. The summed E-state index contributed by atoms with van der Waals surface area (Å²) in [5.74, 6) is 0.0269. The number of aliphatic hydroxyl groups is 1. The van der Waals surface area contributed by atoms with E-state index in [2.05, 4.69) is 0 Å². The average Bonchev–Trinajstić information content (AvgIpc) is 3.18. The van der Waals surface area contributed by atoms with Crippen LogP contribution in [0.2, 0.25) is 4.34 Å². The minimum atomic E-state index is -0.491. The van der Waals surface area contributed by atoms with Crippen molar-refractivity contribution in [2.75, 3.05) is 6.54 Å². The van der Waals surface area contributed by atoms with Crippen molar-refractivity contribution in [3.63, 3.8) is 0 Å². The third-order valence-electron chi connectivity index (χ3n) is 3.82. The topological polar surface area (TPSA) is 40.5 Å². The molecule has 3 heterocycles. The lowest BCUT2D eigenvalue weighted by Gasteiger charge is -2.26. The van der Waals surface area contributed by atoms with E-state index in [9.17, 15) is 9.90 Å². The molecule has 2 atom stereocenters. The van der Waals surface area contributed by atoms with Gasteiger partial charge in [0.15, 0.2) is 0 Å². The maximum Gasteiger partial charge on any atom is 0.255 e. The second kappa shape index (κ2) is 6.48. The number of rotatable bonds is 4. The van der Waals surface area contributed by atoms with Gasteiger partial charge >= 0.3 is 0 Å². The molecule has 3 rings (SSSR count). The highest BCUT2D eigenvalue weighted by Gasteiger charge is 2.31. The Morgan fingerprint density at radius 1 is 1.52 bits per heavy atom. The highest BCUT2D eigenvalue weighted by molar-refractivity contribution is 7.14. The van der Waals surface area contributed by atoms with Crippen LogP contribution in [0.3, 0.4) is 0 Å². The normalized spacial score (nSPS) is 19.9. The summed E-state index contributed by atoms with van der Waals surface area (Å²) in [4.78, 5) is 15.4. The van der Waals surface area contributed by atoms with Crippen LogP contribution in [-0.4, -0.2) is 28.5 Å². The number of halogens is 1. The van der Waals surface area contributed by atoms with Crippen LogP contribution in [0.1, 0.15) is 40.6 Å². The summed E-state index contributed by atoms with van der Waals surface area (Å²) < 4.78 is 0.632. The molecular weight excluding hydrogens is 326 g/mol. The van der Waals surface area contributed by atoms with E-state index in [-0.39, 0.29) is 11.9 Å². The van der Waals surface area contributed by atoms with Crippen LogP contribution < -0.4 is 0 Å². The van der Waals surface area contributed by atoms with Crippen molar-refractivity contribution in [2.24, 2.45) is 0 Å². The molecule has 1 saturated heterocycles. The first kappa shape index (κ1) is 15.0. The van der Waals surface area contributed by atoms with Gasteiger partial charge in [-0.25, -0.2) is 0 Å². The van der Waals surface area contributed by atoms with Gasteiger partial charge in [0.05, 0.1) is 16.0 Å². The van der Waals surface area contributed by atoms with Crippen molar-refractivity contribution in [3.05, 3.63) is 43.7 Å². The number of amides is 1. The van der Waals surface area contributed by atoms with E-state index >= 15 is 0 Å². The predicted molar refractivity (Wildman–Crippen MR) is 87.3 cm³/mol. The van der Waals surface area contributed by atoms with Gasteiger partial charge in [-0.1, -0.05) is 17.7 Å². The van der Waals surface area contributed by atoms with Crippen molar-refractivity contribution in [3.8, 4) is 0 Å². The van der Waals surface area contributed by atoms with Gasteiger partial charge in [-0.15, -0.1) is 22.7 Å². The first-order valence-corrected chi connectivity index (χ1v) is 9.05. The van der Waals surface area contributed by atoms with Crippen LogP contribution in [-0.2, 0) is 0 Å². The number of nitrogens with zero attached hydrogens (tertiary/aromatic N) is 1. The molecular formula is C15H16ClNO2S2. The van der Waals surface area contributed by atoms with E-state index in [1.54, 1.807) is 22.8 Å². The molecule has 1 amide bonds. The van der Waals surface area contributed by atoms with E-state index in [4.69, 9.17) is 11.6 Å². The fourth-order valence-corrected chi connectivity index (χ4v) is 4.37. The second-order valence-electron chi connectivity index (χ2n) is 5.20. The maximum absolute atomic E-state index is 12.5. The number of hydrogen-bond donors (Lipinski definition) is 1. The Bertz CT molecular complexity index is 611. The fourth-order valence-electron chi connectivity index (χ4n) is 2.79. The third kappa shape index (κ3) is 3.31. The largest absolute Gasteiger partial charge is 0.387 e. The highest BCUT2D eigenvalue weighted by atomic mass is 35.5. The molecule has 0 radical (unpaired) electrons. The average molecular weight is 342 g/mol. The summed E-state index contributed by atoms with van der Waals surface area (Å²) >= 11 is 8.84. The fraction of sp³-hybridized carbons (Fsp3) is 0.400. The molecule has 1 aliphatic rings. The van der Waals surface area contributed by atoms with Crippen LogP contribution in [0.15, 0.2) is 29.0 Å². The lowest BCUT2D eigenvalue weighted by molar-refractivity contribution is 0.0670. The molecule has 0 saturated carbocycles. The minimum Gasteiger partial charge on any atom is -0.387 e. The minimum absolute atomic E-state index is 0.0269. The van der Waals surface area contributed by atoms with E-state index in [1.807, 2.05) is 22.4 Å². The zero-order valence-corrected chi connectivity index (χ0v) is 13.8. The Kier molecular flexibility index (Phi) is 4.64. The van der Waals surface area contributed by atoms with Crippen LogP contribution >= 0.6 is 34.3 Å². The van der Waals surface area contributed by atoms with E-state index in [0.29, 0.717) is 16.3 Å². The van der Waals surface area contributed by atoms with Gasteiger partial charge in [-0.3, -0.25) is 4.79 Å². The van der Waals surface area contributed by atoms with Crippen molar-refractivity contribution in [2.45, 2.75) is 31.4 Å². The molecule has 1 aliphatic heterocycles. The molecule has 1 fully saturated rings. The van der Waals surface area contributed by atoms with Gasteiger partial charge in [-0.2, -0.15) is 0 Å². The molecule has 2 aromatic heterocycles. The zero-order chi connectivity index (χ0) is 14.8. The van der Waals surface area contributed by atoms with Crippen molar-refractivity contribution >= 4 is 40.2 Å². The molecule has 2 aromatic rings. The monoisotopic (exact) mass is 341 g/mol. The summed E-state index contributed by atoms with van der Waals surface area (Å²) in [6.07, 6.45) is 2.05. The van der Waals surface area contributed by atoms with Gasteiger partial charge in [0.2, 0.25) is 0 Å². The SMILES string of the molecule is O=C(c1csc(Cl)c1)N1CCC[C@@H]1C[C@H](O)c1cccs1. The molecule has 6 heteroatoms. The Labute approximate surface area is 136 Å². The van der Waals surface area contributed by atoms with Gasteiger partial charge < -0.3 is 10.0 Å². The number of aliphatic hydroxyl groups excluding tert-OH is 1. The van der Waals surface area contributed by atoms with Gasteiger partial charge in [-0.05, 0) is 36.8 Å². The Morgan fingerprint density at radius 2 is 2.38 bits per heavy atom. The van der Waals surface area contributed by atoms with E-state index < -0.39 is 6.10 Å². The van der Waals surface area contributed by atoms with Crippen LogP contribution in [0.5, 0.6) is 0 Å². The zero-order valence-electron chi connectivity index (χ0n) is 11.4. The van der Waals surface area contributed by atoms with Crippen molar-refractivity contribution < 1.29 is 9.90 Å². The van der Waals surface area contributed by atoms with Crippen LogP contribution in [0, 0.1) is 0 Å². The van der Waals surface area contributed by atoms with E-state index in [0.717, 1.165) is 24.3 Å². The second-order valence-corrected chi connectivity index (χ2v) is 7.72. The molecule has 0 bridgehead atoms. The lowest BCUT2D eigenvalue weighted by Crippen LogP contribution is -2.36. The summed E-state index contributed by atoms with van der Waals surface area (Å²) in [5, 5.41) is 14.1. The molecule has 0 aromatic carbocycles. The third-order valence-corrected chi connectivity index (χ3v) is 5.88. The van der Waals surface area contributed by atoms with Crippen molar-refractivity contribution in [1.29, 1.82) is 0 Å². The van der Waals surface area contributed by atoms with Crippen LogP contribution in [0.25, 0.3) is 0 Å². The molecule has 21 heavy (non-hydrogen) atoms. The highest BCUT2D eigenvalue weighted by Crippen LogP contribution is 2.31. The summed E-state index contributed by atoms with van der Waals surface area (Å²) in [6.45, 7) is 0.758. The summed E-state index contributed by atoms with van der Waals surface area (Å²) in [6, 6.07) is 5.70. The molecule has 1 N–H and O–H groups in total. The smallest absolute Gasteiger partial charge is 0.255 e. The van der Waals surface area contributed by atoms with Gasteiger partial charge in [0.1, 0.15) is 0 Å². The Balaban J connectivity index is 1.69. The molecule has 112 valence electrons. The summed E-state index contributed by atoms with van der Waals surface area (Å²) in [5.41, 5.74) is 0.655. The van der Waals surface area contributed by atoms with Crippen molar-refractivity contribution in [1.82, 2.24) is 4.90 Å². The molecule has 0 spiro atoms. The number of thiophene rings is 2. The standard InChI is InChI=1S/C15H16ClNO2S2/c16-14-7-10(9-21-14)15(19)17-5-1-3-11(17)8-12(18)13-4-2-6-20-13/h2,4,6-7,9,11-12,18H,1,3,5,8H2/t11-,12+/m1/s1. The number of hydrogen-bond acceptors (Lipinski definition) is 4. The first-order valence-electron chi connectivity index (χ1n) is 6.91. The molecule has 0 unspecified atom stereocenters. The van der Waals surface area contributed by atoms with Crippen LogP contribution in [0.4, 0.5) is 0 Å².